The molecule has 146 valence electrons. The van der Waals surface area contributed by atoms with Crippen LogP contribution in [0, 0.1) is 0 Å². The minimum absolute atomic E-state index is 0.0624. The lowest BCUT2D eigenvalue weighted by molar-refractivity contribution is 0.0939. The number of ether oxygens (including phenoxy) is 2. The van der Waals surface area contributed by atoms with E-state index in [1.54, 1.807) is 7.11 Å². The summed E-state index contributed by atoms with van der Waals surface area (Å²) in [5.41, 5.74) is 1.04. The van der Waals surface area contributed by atoms with Crippen molar-refractivity contribution >= 4 is 15.9 Å². The first-order valence-corrected chi connectivity index (χ1v) is 9.70. The van der Waals surface area contributed by atoms with Gasteiger partial charge in [0.05, 0.1) is 20.3 Å². The Bertz CT molecular complexity index is 925. The van der Waals surface area contributed by atoms with Crippen LogP contribution in [0.4, 0.5) is 0 Å². The van der Waals surface area contributed by atoms with E-state index in [2.05, 4.69) is 5.32 Å². The van der Waals surface area contributed by atoms with Crippen molar-refractivity contribution in [3.05, 3.63) is 53.6 Å². The zero-order chi connectivity index (χ0) is 20.2. The summed E-state index contributed by atoms with van der Waals surface area (Å²) < 4.78 is 36.6. The molecule has 1 amide bonds. The van der Waals surface area contributed by atoms with Crippen LogP contribution in [0.25, 0.3) is 0 Å². The van der Waals surface area contributed by atoms with Crippen LogP contribution in [-0.2, 0) is 10.0 Å². The van der Waals surface area contributed by atoms with Crippen LogP contribution < -0.4 is 14.8 Å². The summed E-state index contributed by atoms with van der Waals surface area (Å²) in [5.74, 6) is 0.445. The lowest BCUT2D eigenvalue weighted by atomic mass is 10.1. The van der Waals surface area contributed by atoms with Gasteiger partial charge < -0.3 is 14.8 Å². The SMILES string of the molecule is COc1ccccc1[C@@H](C)NC(=O)c1ccc(OC)c(S(=O)(=O)N(C)C)c1. The van der Waals surface area contributed by atoms with Crippen molar-refractivity contribution in [2.45, 2.75) is 17.9 Å². The summed E-state index contributed by atoms with van der Waals surface area (Å²) >= 11 is 0. The molecule has 0 aliphatic heterocycles. The number of hydrogen-bond acceptors (Lipinski definition) is 5. The van der Waals surface area contributed by atoms with E-state index >= 15 is 0 Å². The number of carbonyl (C=O) groups excluding carboxylic acids is 1. The number of carbonyl (C=O) groups is 1. The van der Waals surface area contributed by atoms with Crippen LogP contribution in [0.15, 0.2) is 47.4 Å². The van der Waals surface area contributed by atoms with Gasteiger partial charge in [0.2, 0.25) is 10.0 Å². The molecule has 0 heterocycles. The molecule has 2 rings (SSSR count). The fourth-order valence-electron chi connectivity index (χ4n) is 2.60. The van der Waals surface area contributed by atoms with Crippen LogP contribution in [0.5, 0.6) is 11.5 Å². The monoisotopic (exact) mass is 392 g/mol. The number of rotatable bonds is 7. The van der Waals surface area contributed by atoms with Gasteiger partial charge in [0, 0.05) is 25.2 Å². The van der Waals surface area contributed by atoms with Crippen LogP contribution in [0.3, 0.4) is 0 Å². The summed E-state index contributed by atoms with van der Waals surface area (Å²) in [6.07, 6.45) is 0. The average Bonchev–Trinajstić information content (AvgIpc) is 2.66. The summed E-state index contributed by atoms with van der Waals surface area (Å²) in [7, 11) is 2.03. The van der Waals surface area contributed by atoms with Crippen molar-refractivity contribution in [1.29, 1.82) is 0 Å². The van der Waals surface area contributed by atoms with Crippen molar-refractivity contribution in [2.24, 2.45) is 0 Å². The number of nitrogens with zero attached hydrogens (tertiary/aromatic N) is 1. The van der Waals surface area contributed by atoms with Gasteiger partial charge in [0.1, 0.15) is 16.4 Å². The van der Waals surface area contributed by atoms with E-state index in [-0.39, 0.29) is 22.3 Å². The Labute approximate surface area is 160 Å². The maximum Gasteiger partial charge on any atom is 0.251 e. The van der Waals surface area contributed by atoms with E-state index in [4.69, 9.17) is 9.47 Å². The number of nitrogens with one attached hydrogen (secondary N) is 1. The van der Waals surface area contributed by atoms with Gasteiger partial charge in [-0.25, -0.2) is 12.7 Å². The molecule has 0 saturated carbocycles. The maximum atomic E-state index is 12.7. The quantitative estimate of drug-likeness (QED) is 0.782. The van der Waals surface area contributed by atoms with Crippen LogP contribution in [0.1, 0.15) is 28.9 Å². The summed E-state index contributed by atoms with van der Waals surface area (Å²) in [6, 6.07) is 11.4. The van der Waals surface area contributed by atoms with E-state index < -0.39 is 15.9 Å². The molecule has 7 nitrogen and oxygen atoms in total. The molecule has 1 atom stereocenters. The molecule has 27 heavy (non-hydrogen) atoms. The second-order valence-corrected chi connectivity index (χ2v) is 8.21. The largest absolute Gasteiger partial charge is 0.496 e. The maximum absolute atomic E-state index is 12.7. The lowest BCUT2D eigenvalue weighted by Gasteiger charge is -2.18. The molecule has 0 fully saturated rings. The topological polar surface area (TPSA) is 84.9 Å². The Morgan fingerprint density at radius 2 is 1.67 bits per heavy atom. The Hall–Kier alpha value is -2.58. The zero-order valence-corrected chi connectivity index (χ0v) is 16.8. The number of para-hydroxylation sites is 1. The fraction of sp³-hybridized carbons (Fsp3) is 0.316. The average molecular weight is 392 g/mol. The Kier molecular flexibility index (Phi) is 6.45. The van der Waals surface area contributed by atoms with Crippen molar-refractivity contribution in [1.82, 2.24) is 9.62 Å². The molecule has 0 radical (unpaired) electrons. The Morgan fingerprint density at radius 3 is 2.26 bits per heavy atom. The minimum Gasteiger partial charge on any atom is -0.496 e. The molecule has 0 aromatic heterocycles. The molecule has 2 aromatic carbocycles. The Balaban J connectivity index is 2.34. The van der Waals surface area contributed by atoms with Gasteiger partial charge in [-0.3, -0.25) is 4.79 Å². The van der Waals surface area contributed by atoms with Crippen LogP contribution >= 0.6 is 0 Å². The second-order valence-electron chi connectivity index (χ2n) is 6.09. The zero-order valence-electron chi connectivity index (χ0n) is 16.0. The number of hydrogen-bond donors (Lipinski definition) is 1. The van der Waals surface area contributed by atoms with Crippen molar-refractivity contribution in [3.8, 4) is 11.5 Å². The first kappa shape index (κ1) is 20.7. The fourth-order valence-corrected chi connectivity index (χ4v) is 3.67. The predicted molar refractivity (Wildman–Crippen MR) is 103 cm³/mol. The van der Waals surface area contributed by atoms with Gasteiger partial charge in [0.25, 0.3) is 5.91 Å². The van der Waals surface area contributed by atoms with Gasteiger partial charge in [-0.05, 0) is 31.2 Å². The summed E-state index contributed by atoms with van der Waals surface area (Å²) in [4.78, 5) is 12.6. The third kappa shape index (κ3) is 4.40. The molecule has 2 aromatic rings. The third-order valence-corrected chi connectivity index (χ3v) is 5.97. The van der Waals surface area contributed by atoms with Crippen molar-refractivity contribution in [3.63, 3.8) is 0 Å². The van der Waals surface area contributed by atoms with Gasteiger partial charge in [-0.15, -0.1) is 0 Å². The Morgan fingerprint density at radius 1 is 1.04 bits per heavy atom. The van der Waals surface area contributed by atoms with E-state index in [9.17, 15) is 13.2 Å². The number of amides is 1. The highest BCUT2D eigenvalue weighted by Gasteiger charge is 2.24. The molecule has 1 N–H and O–H groups in total. The molecule has 8 heteroatoms. The molecule has 0 aliphatic rings. The van der Waals surface area contributed by atoms with Crippen LogP contribution in [-0.4, -0.2) is 46.9 Å². The van der Waals surface area contributed by atoms with Crippen LogP contribution in [0.2, 0.25) is 0 Å². The molecule has 0 spiro atoms. The minimum atomic E-state index is -3.76. The molecular formula is C19H24N2O5S. The lowest BCUT2D eigenvalue weighted by Crippen LogP contribution is -2.28. The second kappa shape index (κ2) is 8.41. The van der Waals surface area contributed by atoms with E-state index in [0.29, 0.717) is 5.75 Å². The standard InChI is InChI=1S/C19H24N2O5S/c1-13(15-8-6-7-9-16(15)25-4)20-19(22)14-10-11-17(26-5)18(12-14)27(23,24)21(2)3/h6-13H,1-5H3,(H,20,22)/t13-/m1/s1. The van der Waals surface area contributed by atoms with Crippen molar-refractivity contribution in [2.75, 3.05) is 28.3 Å². The molecule has 0 aliphatic carbocycles. The molecular weight excluding hydrogens is 368 g/mol. The first-order chi connectivity index (χ1) is 12.7. The van der Waals surface area contributed by atoms with Crippen molar-refractivity contribution < 1.29 is 22.7 Å². The predicted octanol–water partition coefficient (Wildman–Crippen LogP) is 2.45. The summed E-state index contributed by atoms with van der Waals surface area (Å²) in [5, 5.41) is 2.86. The van der Waals surface area contributed by atoms with E-state index in [1.165, 1.54) is 39.4 Å². The van der Waals surface area contributed by atoms with E-state index in [1.807, 2.05) is 31.2 Å². The van der Waals surface area contributed by atoms with Gasteiger partial charge >= 0.3 is 0 Å². The highest BCUT2D eigenvalue weighted by atomic mass is 32.2. The van der Waals surface area contributed by atoms with Gasteiger partial charge in [0.15, 0.2) is 0 Å². The van der Waals surface area contributed by atoms with E-state index in [0.717, 1.165) is 9.87 Å². The molecule has 0 saturated heterocycles. The number of sulfonamides is 1. The van der Waals surface area contributed by atoms with Gasteiger partial charge in [-0.1, -0.05) is 18.2 Å². The molecule has 0 bridgehead atoms. The van der Waals surface area contributed by atoms with Gasteiger partial charge in [-0.2, -0.15) is 0 Å². The normalized spacial score (nSPS) is 12.5. The summed E-state index contributed by atoms with van der Waals surface area (Å²) in [6.45, 7) is 1.83. The number of benzene rings is 2. The highest BCUT2D eigenvalue weighted by Crippen LogP contribution is 2.28. The highest BCUT2D eigenvalue weighted by molar-refractivity contribution is 7.89. The third-order valence-electron chi connectivity index (χ3n) is 4.14. The first-order valence-electron chi connectivity index (χ1n) is 8.26. The smallest absolute Gasteiger partial charge is 0.251 e. The molecule has 0 unspecified atom stereocenters. The number of methoxy groups -OCH3 is 2.